The highest BCUT2D eigenvalue weighted by molar-refractivity contribution is 5.08. The molecule has 0 saturated heterocycles. The Morgan fingerprint density at radius 1 is 1.06 bits per heavy atom. The van der Waals surface area contributed by atoms with Crippen molar-refractivity contribution in [3.63, 3.8) is 0 Å². The number of hydrogen-bond donors (Lipinski definition) is 0. The van der Waals surface area contributed by atoms with Gasteiger partial charge in [0.25, 0.3) is 0 Å². The van der Waals surface area contributed by atoms with Gasteiger partial charge in [-0.25, -0.2) is 0 Å². The molecule has 0 aromatic heterocycles. The summed E-state index contributed by atoms with van der Waals surface area (Å²) < 4.78 is 0. The van der Waals surface area contributed by atoms with Crippen LogP contribution in [0.25, 0.3) is 0 Å². The van der Waals surface area contributed by atoms with E-state index in [2.05, 4.69) is 13.8 Å². The summed E-state index contributed by atoms with van der Waals surface area (Å²) in [4.78, 5) is 0. The van der Waals surface area contributed by atoms with Crippen LogP contribution in [0.4, 0.5) is 0 Å². The lowest BCUT2D eigenvalue weighted by Crippen LogP contribution is -2.56. The lowest BCUT2D eigenvalue weighted by atomic mass is 9.40. The van der Waals surface area contributed by atoms with Crippen LogP contribution >= 0.6 is 0 Å². The highest BCUT2D eigenvalue weighted by Crippen LogP contribution is 2.68. The molecule has 17 heavy (non-hydrogen) atoms. The van der Waals surface area contributed by atoms with E-state index in [1.54, 1.807) is 38.5 Å². The molecule has 0 aromatic rings. The Morgan fingerprint density at radius 3 is 2.35 bits per heavy atom. The third kappa shape index (κ3) is 1.78. The minimum atomic E-state index is 0.879. The summed E-state index contributed by atoms with van der Waals surface area (Å²) in [5.74, 6) is 4.40. The van der Waals surface area contributed by atoms with E-state index >= 15 is 0 Å². The van der Waals surface area contributed by atoms with Gasteiger partial charge in [0.05, 0.1) is 0 Å². The van der Waals surface area contributed by atoms with Gasteiger partial charge in [-0.3, -0.25) is 0 Å². The van der Waals surface area contributed by atoms with E-state index in [-0.39, 0.29) is 0 Å². The van der Waals surface area contributed by atoms with Crippen molar-refractivity contribution in [1.29, 1.82) is 0 Å². The maximum atomic E-state index is 2.60. The van der Waals surface area contributed by atoms with Crippen molar-refractivity contribution < 1.29 is 0 Å². The monoisotopic (exact) mass is 234 g/mol. The topological polar surface area (TPSA) is 0 Å². The first-order valence-electron chi connectivity index (χ1n) is 8.28. The summed E-state index contributed by atoms with van der Waals surface area (Å²) in [6.45, 7) is 4.95. The molecular weight excluding hydrogens is 204 g/mol. The summed E-state index contributed by atoms with van der Waals surface area (Å²) >= 11 is 0. The minimum absolute atomic E-state index is 0.879. The van der Waals surface area contributed by atoms with E-state index in [0.29, 0.717) is 0 Å². The Bertz CT molecular complexity index is 259. The van der Waals surface area contributed by atoms with E-state index in [1.165, 1.54) is 31.6 Å². The predicted molar refractivity (Wildman–Crippen MR) is 73.9 cm³/mol. The lowest BCUT2D eigenvalue weighted by Gasteiger charge is -2.65. The average molecular weight is 234 g/mol. The highest BCUT2D eigenvalue weighted by Gasteiger charge is 2.59. The number of rotatable bonds is 4. The Balaban J connectivity index is 1.64. The fourth-order valence-electron chi connectivity index (χ4n) is 5.52. The van der Waals surface area contributed by atoms with Crippen molar-refractivity contribution in [3.05, 3.63) is 0 Å². The molecule has 0 bridgehead atoms. The first kappa shape index (κ1) is 12.1. The zero-order chi connectivity index (χ0) is 11.9. The van der Waals surface area contributed by atoms with Crippen molar-refractivity contribution in [2.75, 3.05) is 0 Å². The van der Waals surface area contributed by atoms with Crippen molar-refractivity contribution in [3.8, 4) is 0 Å². The van der Waals surface area contributed by atoms with Gasteiger partial charge in [-0.05, 0) is 61.2 Å². The van der Waals surface area contributed by atoms with Crippen LogP contribution < -0.4 is 0 Å². The van der Waals surface area contributed by atoms with Crippen LogP contribution in [0.15, 0.2) is 0 Å². The molecule has 0 aromatic carbocycles. The smallest absolute Gasteiger partial charge is 0.0238 e. The second kappa shape index (κ2) is 4.59. The van der Waals surface area contributed by atoms with Crippen molar-refractivity contribution in [2.45, 2.75) is 78.1 Å². The van der Waals surface area contributed by atoms with Gasteiger partial charge in [-0.15, -0.1) is 0 Å². The van der Waals surface area contributed by atoms with Crippen LogP contribution in [-0.4, -0.2) is 0 Å². The number of unbranched alkanes of at least 4 members (excludes halogenated alkanes) is 1. The summed E-state index contributed by atoms with van der Waals surface area (Å²) in [7, 11) is 0. The molecule has 98 valence electrons. The fraction of sp³-hybridized carbons (Fsp3) is 1.00. The summed E-state index contributed by atoms with van der Waals surface area (Å²) in [6.07, 6.45) is 15.4. The molecule has 0 amide bonds. The summed E-state index contributed by atoms with van der Waals surface area (Å²) in [5.41, 5.74) is 0.879. The van der Waals surface area contributed by atoms with Gasteiger partial charge in [0.15, 0.2) is 0 Å². The maximum Gasteiger partial charge on any atom is -0.0238 e. The zero-order valence-corrected chi connectivity index (χ0v) is 11.9. The molecule has 0 spiro atoms. The maximum absolute atomic E-state index is 2.60. The molecule has 0 heterocycles. The lowest BCUT2D eigenvalue weighted by molar-refractivity contribution is -0.155. The normalized spacial score (nSPS) is 49.1. The predicted octanol–water partition coefficient (Wildman–Crippen LogP) is 5.42. The minimum Gasteiger partial charge on any atom is -0.0654 e. The first-order valence-corrected chi connectivity index (χ1v) is 8.28. The van der Waals surface area contributed by atoms with Crippen LogP contribution in [0.5, 0.6) is 0 Å². The molecule has 3 fully saturated rings. The molecule has 3 aliphatic carbocycles. The molecule has 0 heteroatoms. The Hall–Kier alpha value is 0. The molecule has 0 radical (unpaired) electrons. The van der Waals surface area contributed by atoms with E-state index in [1.807, 2.05) is 0 Å². The molecule has 0 aliphatic heterocycles. The molecule has 3 atom stereocenters. The van der Waals surface area contributed by atoms with E-state index in [9.17, 15) is 0 Å². The fourth-order valence-corrected chi connectivity index (χ4v) is 5.52. The first-order chi connectivity index (χ1) is 8.28. The van der Waals surface area contributed by atoms with Crippen LogP contribution in [0.1, 0.15) is 78.1 Å². The molecule has 0 nitrogen and oxygen atoms in total. The Kier molecular flexibility index (Phi) is 3.26. The van der Waals surface area contributed by atoms with Crippen molar-refractivity contribution in [1.82, 2.24) is 0 Å². The standard InChI is InChI=1S/C17H30/c1-3-4-6-14-7-5-8-16(13(14)2)17-11-9-15(17)10-12-17/h13-16H,3-12H2,1-2H3. The Morgan fingerprint density at radius 2 is 1.82 bits per heavy atom. The number of hydrogen-bond acceptors (Lipinski definition) is 0. The van der Waals surface area contributed by atoms with Gasteiger partial charge in [0.1, 0.15) is 0 Å². The molecular formula is C17H30. The van der Waals surface area contributed by atoms with Crippen LogP contribution in [0.3, 0.4) is 0 Å². The van der Waals surface area contributed by atoms with E-state index in [0.717, 1.165) is 23.2 Å². The van der Waals surface area contributed by atoms with Crippen LogP contribution in [0, 0.1) is 29.1 Å². The third-order valence-corrected chi connectivity index (χ3v) is 6.86. The zero-order valence-electron chi connectivity index (χ0n) is 11.9. The van der Waals surface area contributed by atoms with Crippen LogP contribution in [0.2, 0.25) is 0 Å². The third-order valence-electron chi connectivity index (χ3n) is 6.86. The van der Waals surface area contributed by atoms with Gasteiger partial charge in [-0.2, -0.15) is 0 Å². The molecule has 3 saturated carbocycles. The largest absolute Gasteiger partial charge is 0.0654 e. The van der Waals surface area contributed by atoms with Gasteiger partial charge in [-0.1, -0.05) is 46.0 Å². The van der Waals surface area contributed by atoms with Gasteiger partial charge < -0.3 is 0 Å². The summed E-state index contributed by atoms with van der Waals surface area (Å²) in [5, 5.41) is 0. The summed E-state index contributed by atoms with van der Waals surface area (Å²) in [6, 6.07) is 0. The number of fused-ring (bicyclic) bond motifs is 1. The van der Waals surface area contributed by atoms with Gasteiger partial charge >= 0.3 is 0 Å². The quantitative estimate of drug-likeness (QED) is 0.609. The Labute approximate surface area is 108 Å². The highest BCUT2D eigenvalue weighted by atomic mass is 14.6. The van der Waals surface area contributed by atoms with Gasteiger partial charge in [0, 0.05) is 0 Å². The van der Waals surface area contributed by atoms with E-state index < -0.39 is 0 Å². The van der Waals surface area contributed by atoms with Crippen molar-refractivity contribution in [2.24, 2.45) is 29.1 Å². The van der Waals surface area contributed by atoms with Crippen molar-refractivity contribution >= 4 is 0 Å². The molecule has 0 N–H and O–H groups in total. The van der Waals surface area contributed by atoms with E-state index in [4.69, 9.17) is 0 Å². The van der Waals surface area contributed by atoms with Crippen LogP contribution in [-0.2, 0) is 0 Å². The van der Waals surface area contributed by atoms with Gasteiger partial charge in [0.2, 0.25) is 0 Å². The SMILES string of the molecule is CCCCC1CCCC(C23CCC2CC3)C1C. The molecule has 3 aliphatic rings. The average Bonchev–Trinajstić information content (AvgIpc) is 2.33. The second-order valence-corrected chi connectivity index (χ2v) is 7.31. The molecule has 3 rings (SSSR count). The second-order valence-electron chi connectivity index (χ2n) is 7.31. The molecule has 3 unspecified atom stereocenters.